The van der Waals surface area contributed by atoms with Crippen LogP contribution in [0.5, 0.6) is 0 Å². The molecule has 1 aromatic carbocycles. The zero-order valence-electron chi connectivity index (χ0n) is 18.1. The molecule has 0 saturated heterocycles. The van der Waals surface area contributed by atoms with Crippen molar-refractivity contribution in [1.82, 2.24) is 4.98 Å². The van der Waals surface area contributed by atoms with Gasteiger partial charge in [0.2, 0.25) is 0 Å². The van der Waals surface area contributed by atoms with E-state index in [9.17, 15) is 0 Å². The Labute approximate surface area is 177 Å². The number of ether oxygens (including phenoxy) is 8. The van der Waals surface area contributed by atoms with Gasteiger partial charge in [0.05, 0.1) is 26.4 Å². The first kappa shape index (κ1) is 24.6. The van der Waals surface area contributed by atoms with E-state index in [0.717, 1.165) is 33.0 Å². The summed E-state index contributed by atoms with van der Waals surface area (Å²) in [7, 11) is 6.34. The first-order valence-corrected chi connectivity index (χ1v) is 9.44. The van der Waals surface area contributed by atoms with Crippen molar-refractivity contribution in [3.8, 4) is 0 Å². The van der Waals surface area contributed by atoms with Gasteiger partial charge in [-0.1, -0.05) is 0 Å². The minimum Gasteiger partial charge on any atom is -0.359 e. The molecule has 0 atom stereocenters. The summed E-state index contributed by atoms with van der Waals surface area (Å²) in [5.74, 6) is 0. The largest absolute Gasteiger partial charge is 0.359 e. The molecule has 1 aromatic heterocycles. The lowest BCUT2D eigenvalue weighted by molar-refractivity contribution is -0.0512. The number of rotatable bonds is 16. The van der Waals surface area contributed by atoms with Gasteiger partial charge in [-0.15, -0.1) is 0 Å². The van der Waals surface area contributed by atoms with Gasteiger partial charge in [-0.25, -0.2) is 0 Å². The van der Waals surface area contributed by atoms with Crippen molar-refractivity contribution < 1.29 is 37.9 Å². The average Bonchev–Trinajstić information content (AvgIpc) is 2.77. The van der Waals surface area contributed by atoms with E-state index in [2.05, 4.69) is 4.98 Å². The van der Waals surface area contributed by atoms with Crippen LogP contribution in [-0.4, -0.2) is 60.6 Å². The van der Waals surface area contributed by atoms with E-state index in [4.69, 9.17) is 37.9 Å². The van der Waals surface area contributed by atoms with Crippen LogP contribution in [0.4, 0.5) is 0 Å². The van der Waals surface area contributed by atoms with Gasteiger partial charge >= 0.3 is 0 Å². The Kier molecular flexibility index (Phi) is 11.7. The van der Waals surface area contributed by atoms with Gasteiger partial charge in [-0.05, 0) is 33.7 Å². The maximum absolute atomic E-state index is 5.72. The standard InChI is InChI=1S/C21H31NO8/c1-23-12-27-8-18-16-5-6-22-7-17(16)19(9-28-13-24-2)21(11-30-15-26-4)20(18)10-29-14-25-3/h5-7H,8-15H2,1-4H3. The molecule has 0 spiro atoms. The highest BCUT2D eigenvalue weighted by atomic mass is 16.7. The van der Waals surface area contributed by atoms with Crippen LogP contribution in [0.3, 0.4) is 0 Å². The minimum atomic E-state index is 0.164. The quantitative estimate of drug-likeness (QED) is 0.298. The first-order valence-electron chi connectivity index (χ1n) is 9.44. The van der Waals surface area contributed by atoms with Gasteiger partial charge < -0.3 is 37.9 Å². The molecule has 9 nitrogen and oxygen atoms in total. The third-order valence-electron chi connectivity index (χ3n) is 4.35. The summed E-state index contributed by atoms with van der Waals surface area (Å²) in [4.78, 5) is 4.31. The molecule has 0 radical (unpaired) electrons. The van der Waals surface area contributed by atoms with Crippen LogP contribution in [0.25, 0.3) is 10.8 Å². The van der Waals surface area contributed by atoms with Gasteiger partial charge in [-0.2, -0.15) is 0 Å². The molecule has 2 aromatic rings. The fourth-order valence-corrected chi connectivity index (χ4v) is 3.17. The normalized spacial score (nSPS) is 11.5. The van der Waals surface area contributed by atoms with E-state index in [1.807, 2.05) is 12.3 Å². The average molecular weight is 425 g/mol. The molecule has 0 fully saturated rings. The van der Waals surface area contributed by atoms with Gasteiger partial charge in [0.1, 0.15) is 27.2 Å². The number of hydrogen-bond acceptors (Lipinski definition) is 9. The van der Waals surface area contributed by atoms with Crippen LogP contribution in [0, 0.1) is 0 Å². The molecule has 0 unspecified atom stereocenters. The number of hydrogen-bond donors (Lipinski definition) is 0. The summed E-state index contributed by atoms with van der Waals surface area (Å²) in [5.41, 5.74) is 3.83. The molecule has 0 amide bonds. The lowest BCUT2D eigenvalue weighted by Gasteiger charge is -2.22. The Morgan fingerprint density at radius 3 is 1.40 bits per heavy atom. The van der Waals surface area contributed by atoms with E-state index in [1.165, 1.54) is 0 Å². The smallest absolute Gasteiger partial charge is 0.146 e. The van der Waals surface area contributed by atoms with E-state index in [-0.39, 0.29) is 27.2 Å². The molecule has 1 heterocycles. The number of aromatic nitrogens is 1. The van der Waals surface area contributed by atoms with Gasteiger partial charge in [0.25, 0.3) is 0 Å². The molecule has 0 saturated carbocycles. The summed E-state index contributed by atoms with van der Waals surface area (Å²) in [5, 5.41) is 1.96. The zero-order chi connectivity index (χ0) is 21.6. The van der Waals surface area contributed by atoms with Crippen molar-refractivity contribution in [1.29, 1.82) is 0 Å². The number of fused-ring (bicyclic) bond motifs is 1. The van der Waals surface area contributed by atoms with E-state index in [0.29, 0.717) is 26.4 Å². The Morgan fingerprint density at radius 2 is 0.967 bits per heavy atom. The van der Waals surface area contributed by atoms with Crippen molar-refractivity contribution in [2.45, 2.75) is 26.4 Å². The molecule has 168 valence electrons. The van der Waals surface area contributed by atoms with Gasteiger partial charge in [-0.3, -0.25) is 4.98 Å². The second kappa shape index (κ2) is 14.3. The van der Waals surface area contributed by atoms with Crippen LogP contribution in [0.2, 0.25) is 0 Å². The Morgan fingerprint density at radius 1 is 0.567 bits per heavy atom. The molecule has 0 N–H and O–H groups in total. The summed E-state index contributed by atoms with van der Waals surface area (Å²) in [6.07, 6.45) is 3.57. The predicted molar refractivity (Wildman–Crippen MR) is 108 cm³/mol. The van der Waals surface area contributed by atoms with E-state index in [1.54, 1.807) is 34.6 Å². The van der Waals surface area contributed by atoms with Crippen LogP contribution < -0.4 is 0 Å². The van der Waals surface area contributed by atoms with Crippen molar-refractivity contribution >= 4 is 10.8 Å². The molecule has 9 heteroatoms. The summed E-state index contributed by atoms with van der Waals surface area (Å²) in [6.45, 7) is 1.99. The predicted octanol–water partition coefficient (Wildman–Crippen LogP) is 2.72. The molecular weight excluding hydrogens is 394 g/mol. The third-order valence-corrected chi connectivity index (χ3v) is 4.35. The number of benzene rings is 1. The Hall–Kier alpha value is -1.69. The molecule has 0 bridgehead atoms. The summed E-state index contributed by atoms with van der Waals surface area (Å²) in [6, 6.07) is 1.96. The Bertz CT molecular complexity index is 693. The Balaban J connectivity index is 2.59. The molecule has 0 aliphatic heterocycles. The fraction of sp³-hybridized carbons (Fsp3) is 0.571. The van der Waals surface area contributed by atoms with Crippen molar-refractivity contribution in [3.05, 3.63) is 40.7 Å². The van der Waals surface area contributed by atoms with Crippen LogP contribution in [0.15, 0.2) is 18.5 Å². The zero-order valence-corrected chi connectivity index (χ0v) is 18.1. The second-order valence-corrected chi connectivity index (χ2v) is 6.36. The van der Waals surface area contributed by atoms with Crippen molar-refractivity contribution in [2.24, 2.45) is 0 Å². The molecule has 30 heavy (non-hydrogen) atoms. The maximum atomic E-state index is 5.72. The molecule has 2 rings (SSSR count). The highest BCUT2D eigenvalue weighted by Gasteiger charge is 2.20. The number of methoxy groups -OCH3 is 4. The maximum Gasteiger partial charge on any atom is 0.146 e. The first-order chi connectivity index (χ1) is 14.8. The lowest BCUT2D eigenvalue weighted by Crippen LogP contribution is -2.13. The van der Waals surface area contributed by atoms with Crippen molar-refractivity contribution in [2.75, 3.05) is 55.6 Å². The monoisotopic (exact) mass is 425 g/mol. The van der Waals surface area contributed by atoms with Crippen LogP contribution in [-0.2, 0) is 64.3 Å². The van der Waals surface area contributed by atoms with Gasteiger partial charge in [0, 0.05) is 46.2 Å². The molecule has 0 aliphatic carbocycles. The SMILES string of the molecule is COCOCc1c(COCOC)c(COCOC)c2cnccc2c1COCOC. The molecule has 0 aliphatic rings. The second-order valence-electron chi connectivity index (χ2n) is 6.36. The lowest BCUT2D eigenvalue weighted by atomic mass is 9.90. The van der Waals surface area contributed by atoms with E-state index < -0.39 is 0 Å². The third kappa shape index (κ3) is 6.93. The highest BCUT2D eigenvalue weighted by molar-refractivity contribution is 5.90. The molecular formula is C21H31NO8. The number of nitrogens with zero attached hydrogens (tertiary/aromatic N) is 1. The topological polar surface area (TPSA) is 86.7 Å². The summed E-state index contributed by atoms with van der Waals surface area (Å²) >= 11 is 0. The fourth-order valence-electron chi connectivity index (χ4n) is 3.17. The highest BCUT2D eigenvalue weighted by Crippen LogP contribution is 2.33. The van der Waals surface area contributed by atoms with Crippen LogP contribution in [0.1, 0.15) is 22.3 Å². The number of pyridine rings is 1. The minimum absolute atomic E-state index is 0.164. The van der Waals surface area contributed by atoms with Gasteiger partial charge in [0.15, 0.2) is 0 Å². The van der Waals surface area contributed by atoms with Crippen molar-refractivity contribution in [3.63, 3.8) is 0 Å². The van der Waals surface area contributed by atoms with E-state index >= 15 is 0 Å². The summed E-state index contributed by atoms with van der Waals surface area (Å²) < 4.78 is 43.0. The van der Waals surface area contributed by atoms with Crippen LogP contribution >= 0.6 is 0 Å².